The van der Waals surface area contributed by atoms with Crippen molar-refractivity contribution in [3.8, 4) is 0 Å². The lowest BCUT2D eigenvalue weighted by Gasteiger charge is -2.06. The van der Waals surface area contributed by atoms with E-state index in [2.05, 4.69) is 31.4 Å². The summed E-state index contributed by atoms with van der Waals surface area (Å²) in [5, 5.41) is 10.5. The van der Waals surface area contributed by atoms with E-state index in [1.165, 1.54) is 6.07 Å². The normalized spacial score (nSPS) is 10.8. The van der Waals surface area contributed by atoms with Gasteiger partial charge in [0.15, 0.2) is 0 Å². The van der Waals surface area contributed by atoms with Crippen molar-refractivity contribution in [2.24, 2.45) is 0 Å². The molecule has 0 aliphatic rings. The maximum Gasteiger partial charge on any atom is 0.228 e. The van der Waals surface area contributed by atoms with Crippen LogP contribution in [0.3, 0.4) is 0 Å². The summed E-state index contributed by atoms with van der Waals surface area (Å²) in [5.74, 6) is -0.664. The second-order valence-electron chi connectivity index (χ2n) is 4.63. The van der Waals surface area contributed by atoms with Gasteiger partial charge in [-0.15, -0.1) is 0 Å². The minimum atomic E-state index is -0.391. The van der Waals surface area contributed by atoms with Crippen LogP contribution >= 0.6 is 15.9 Å². The Bertz CT molecular complexity index is 816. The molecule has 6 heteroatoms. The van der Waals surface area contributed by atoms with Crippen LogP contribution in [0, 0.1) is 5.82 Å². The fraction of sp³-hybridized carbons (Fsp3) is 0.0667. The molecule has 2 aromatic carbocycles. The second kappa shape index (κ2) is 5.65. The fourth-order valence-corrected chi connectivity index (χ4v) is 2.48. The molecule has 0 fully saturated rings. The Kier molecular flexibility index (Phi) is 3.70. The van der Waals surface area contributed by atoms with Gasteiger partial charge in [0.25, 0.3) is 0 Å². The van der Waals surface area contributed by atoms with E-state index < -0.39 is 5.82 Å². The van der Waals surface area contributed by atoms with Gasteiger partial charge in [-0.05, 0) is 42.0 Å². The topological polar surface area (TPSA) is 57.8 Å². The number of nitrogens with zero attached hydrogens (tertiary/aromatic N) is 1. The third-order valence-corrected chi connectivity index (χ3v) is 3.58. The van der Waals surface area contributed by atoms with E-state index >= 15 is 0 Å². The number of carbonyl (C=O) groups excluding carboxylic acids is 1. The number of nitrogens with one attached hydrogen (secondary N) is 2. The first kappa shape index (κ1) is 13.8. The van der Waals surface area contributed by atoms with E-state index in [4.69, 9.17) is 0 Å². The van der Waals surface area contributed by atoms with Crippen molar-refractivity contribution in [3.63, 3.8) is 0 Å². The highest BCUT2D eigenvalue weighted by molar-refractivity contribution is 9.10. The van der Waals surface area contributed by atoms with Crippen molar-refractivity contribution in [2.45, 2.75) is 6.42 Å². The van der Waals surface area contributed by atoms with Gasteiger partial charge in [0, 0.05) is 15.5 Å². The molecule has 1 amide bonds. The molecule has 21 heavy (non-hydrogen) atoms. The standard InChI is InChI=1S/C15H11BrFN3O/c16-11-2-4-13(17)10(5-11)6-15(21)19-12-3-1-9-8-18-20-14(9)7-12/h1-5,7-8H,6H2,(H,18,20)(H,19,21). The molecule has 0 saturated carbocycles. The first-order chi connectivity index (χ1) is 10.1. The van der Waals surface area contributed by atoms with Gasteiger partial charge in [-0.3, -0.25) is 9.89 Å². The molecule has 0 aliphatic carbocycles. The summed E-state index contributed by atoms with van der Waals surface area (Å²) in [6.07, 6.45) is 1.68. The van der Waals surface area contributed by atoms with Gasteiger partial charge < -0.3 is 5.32 Å². The molecule has 0 atom stereocenters. The zero-order valence-electron chi connectivity index (χ0n) is 10.9. The minimum absolute atomic E-state index is 0.0215. The lowest BCUT2D eigenvalue weighted by atomic mass is 10.1. The average molecular weight is 348 g/mol. The highest BCUT2D eigenvalue weighted by Crippen LogP contribution is 2.19. The van der Waals surface area contributed by atoms with Crippen molar-refractivity contribution < 1.29 is 9.18 Å². The number of aromatic nitrogens is 2. The van der Waals surface area contributed by atoms with Crippen LogP contribution in [0.1, 0.15) is 5.56 Å². The van der Waals surface area contributed by atoms with Gasteiger partial charge >= 0.3 is 0 Å². The number of carbonyl (C=O) groups is 1. The van der Waals surface area contributed by atoms with Gasteiger partial charge in [-0.2, -0.15) is 5.10 Å². The molecule has 0 bridgehead atoms. The summed E-state index contributed by atoms with van der Waals surface area (Å²) < 4.78 is 14.4. The Morgan fingerprint density at radius 3 is 3.00 bits per heavy atom. The van der Waals surface area contributed by atoms with E-state index in [9.17, 15) is 9.18 Å². The van der Waals surface area contributed by atoms with Gasteiger partial charge in [-0.25, -0.2) is 4.39 Å². The van der Waals surface area contributed by atoms with Crippen molar-refractivity contribution in [3.05, 3.63) is 58.4 Å². The molecule has 0 spiro atoms. The van der Waals surface area contributed by atoms with Gasteiger partial charge in [0.1, 0.15) is 5.82 Å². The van der Waals surface area contributed by atoms with Crippen molar-refractivity contribution >= 4 is 38.4 Å². The Hall–Kier alpha value is -2.21. The monoisotopic (exact) mass is 347 g/mol. The zero-order chi connectivity index (χ0) is 14.8. The summed E-state index contributed by atoms with van der Waals surface area (Å²) in [6, 6.07) is 9.97. The van der Waals surface area contributed by atoms with E-state index in [0.29, 0.717) is 11.3 Å². The lowest BCUT2D eigenvalue weighted by molar-refractivity contribution is -0.115. The second-order valence-corrected chi connectivity index (χ2v) is 5.55. The molecular formula is C15H11BrFN3O. The third-order valence-electron chi connectivity index (χ3n) is 3.08. The van der Waals surface area contributed by atoms with Gasteiger partial charge in [0.2, 0.25) is 5.91 Å². The third kappa shape index (κ3) is 3.11. The van der Waals surface area contributed by atoms with Crippen LogP contribution in [0.25, 0.3) is 10.9 Å². The first-order valence-corrected chi connectivity index (χ1v) is 7.08. The van der Waals surface area contributed by atoms with E-state index in [1.54, 1.807) is 30.5 Å². The first-order valence-electron chi connectivity index (χ1n) is 6.29. The summed E-state index contributed by atoms with van der Waals surface area (Å²) in [6.45, 7) is 0. The molecule has 3 rings (SSSR count). The van der Waals surface area contributed by atoms with Crippen LogP contribution in [0.2, 0.25) is 0 Å². The Labute approximate surface area is 128 Å². The van der Waals surface area contributed by atoms with Crippen LogP contribution in [0.5, 0.6) is 0 Å². The molecule has 0 radical (unpaired) electrons. The number of hydrogen-bond acceptors (Lipinski definition) is 2. The fourth-order valence-electron chi connectivity index (χ4n) is 2.07. The summed E-state index contributed by atoms with van der Waals surface area (Å²) in [7, 11) is 0. The molecule has 0 aliphatic heterocycles. The molecule has 3 aromatic rings. The van der Waals surface area contributed by atoms with E-state index in [0.717, 1.165) is 15.4 Å². The number of hydrogen-bond donors (Lipinski definition) is 2. The van der Waals surface area contributed by atoms with Crippen molar-refractivity contribution in [1.29, 1.82) is 0 Å². The predicted octanol–water partition coefficient (Wildman–Crippen LogP) is 3.65. The molecule has 0 unspecified atom stereocenters. The molecule has 1 aromatic heterocycles. The van der Waals surface area contributed by atoms with Crippen LogP contribution in [0.4, 0.5) is 10.1 Å². The number of fused-ring (bicyclic) bond motifs is 1. The number of rotatable bonds is 3. The maximum atomic E-state index is 13.6. The average Bonchev–Trinajstić information content (AvgIpc) is 2.90. The highest BCUT2D eigenvalue weighted by Gasteiger charge is 2.09. The summed E-state index contributed by atoms with van der Waals surface area (Å²) in [4.78, 5) is 12.0. The minimum Gasteiger partial charge on any atom is -0.326 e. The summed E-state index contributed by atoms with van der Waals surface area (Å²) >= 11 is 3.27. The van der Waals surface area contributed by atoms with Crippen LogP contribution in [-0.4, -0.2) is 16.1 Å². The highest BCUT2D eigenvalue weighted by atomic mass is 79.9. The maximum absolute atomic E-state index is 13.6. The van der Waals surface area contributed by atoms with E-state index in [1.807, 2.05) is 6.07 Å². The number of anilines is 1. The van der Waals surface area contributed by atoms with Crippen molar-refractivity contribution in [2.75, 3.05) is 5.32 Å². The van der Waals surface area contributed by atoms with Crippen molar-refractivity contribution in [1.82, 2.24) is 10.2 Å². The van der Waals surface area contributed by atoms with Crippen LogP contribution < -0.4 is 5.32 Å². The molecule has 4 nitrogen and oxygen atoms in total. The lowest BCUT2D eigenvalue weighted by Crippen LogP contribution is -2.15. The molecule has 2 N–H and O–H groups in total. The molecule has 106 valence electrons. The Morgan fingerprint density at radius 2 is 2.14 bits per heavy atom. The van der Waals surface area contributed by atoms with E-state index in [-0.39, 0.29) is 12.3 Å². The predicted molar refractivity (Wildman–Crippen MR) is 82.5 cm³/mol. The quantitative estimate of drug-likeness (QED) is 0.759. The number of aromatic amines is 1. The smallest absolute Gasteiger partial charge is 0.228 e. The SMILES string of the molecule is O=C(Cc1cc(Br)ccc1F)Nc1ccc2cn[nH]c2c1. The number of H-pyrrole nitrogens is 1. The molecule has 1 heterocycles. The number of benzene rings is 2. The number of amides is 1. The summed E-state index contributed by atoms with van der Waals surface area (Å²) in [5.41, 5.74) is 1.83. The Morgan fingerprint density at radius 1 is 1.29 bits per heavy atom. The largest absolute Gasteiger partial charge is 0.326 e. The van der Waals surface area contributed by atoms with Crippen LogP contribution in [0.15, 0.2) is 47.1 Å². The number of halogens is 2. The van der Waals surface area contributed by atoms with Crippen LogP contribution in [-0.2, 0) is 11.2 Å². The zero-order valence-corrected chi connectivity index (χ0v) is 12.4. The molecule has 0 saturated heterocycles. The van der Waals surface area contributed by atoms with Gasteiger partial charge in [0.05, 0.1) is 18.1 Å². The molecular weight excluding hydrogens is 337 g/mol. The Balaban J connectivity index is 1.75. The van der Waals surface area contributed by atoms with Gasteiger partial charge in [-0.1, -0.05) is 15.9 Å².